The molecule has 0 aliphatic rings. The largest absolute Gasteiger partial charge is 0.310 e. The molecule has 0 aliphatic carbocycles. The molecule has 58 heavy (non-hydrogen) atoms. The number of para-hydroxylation sites is 6. The van der Waals surface area contributed by atoms with Crippen molar-refractivity contribution in [3.8, 4) is 0 Å². The molecule has 0 amide bonds. The van der Waals surface area contributed by atoms with Gasteiger partial charge in [0.2, 0.25) is 0 Å². The summed E-state index contributed by atoms with van der Waals surface area (Å²) in [4.78, 5) is 3.52. The number of benzene rings is 9. The molecule has 9 aromatic carbocycles. The standard InChI is InChI=1S/C54H34N4/c1-5-17-35(18-6-1)55(36-19-7-2-8-20-36)47-31-29-39-43-33-50-44(34-49(43)57-45-27-15-13-25-41(45)51(47)53(39)57)40-30-32-48(52-42-26-14-16-28-46(42)58(50)54(40)52)56(37-21-9-3-10-22-37)38-23-11-4-12-24-38/h1-34H/i13D,14D,15D,16D,25D,26D,27D,28D,29D,30D,31D,32D,33D,34D. The van der Waals surface area contributed by atoms with Crippen molar-refractivity contribution >= 4 is 110 Å². The van der Waals surface area contributed by atoms with Gasteiger partial charge in [0.05, 0.1) is 63.7 Å². The lowest BCUT2D eigenvalue weighted by molar-refractivity contribution is 1.30. The van der Waals surface area contributed by atoms with Gasteiger partial charge in [-0.1, -0.05) is 121 Å². The fraction of sp³-hybridized carbons (Fsp3) is 0. The summed E-state index contributed by atoms with van der Waals surface area (Å²) in [7, 11) is 0. The van der Waals surface area contributed by atoms with Gasteiger partial charge in [-0.25, -0.2) is 0 Å². The summed E-state index contributed by atoms with van der Waals surface area (Å²) in [5.74, 6) is 0. The second-order valence-electron chi connectivity index (χ2n) is 14.2. The maximum atomic E-state index is 10.4. The van der Waals surface area contributed by atoms with Crippen molar-refractivity contribution in [1.82, 2.24) is 8.80 Å². The minimum atomic E-state index is -0.565. The summed E-state index contributed by atoms with van der Waals surface area (Å²) in [6.07, 6.45) is 0. The summed E-state index contributed by atoms with van der Waals surface area (Å²) in [6.45, 7) is 0. The Labute approximate surface area is 353 Å². The first-order chi connectivity index (χ1) is 34.7. The molecule has 0 saturated carbocycles. The SMILES string of the molecule is [2H]c1c([2H])c([2H])c2c(c1[2H])c1c(N(c3ccccc3)c3ccccc3)c([2H])c([2H])c3c4c([2H])c5c(c([2H])c4n2c31)c1c([2H])c([2H])c(N(c2ccccc2)c2ccccc2)c2c3c([2H])c([2H])c([2H])c([2H])c3n5c12. The van der Waals surface area contributed by atoms with Gasteiger partial charge in [-0.15, -0.1) is 0 Å². The zero-order valence-electron chi connectivity index (χ0n) is 44.3. The average Bonchev–Trinajstić information content (AvgIpc) is 4.14. The van der Waals surface area contributed by atoms with Gasteiger partial charge < -0.3 is 18.6 Å². The molecule has 4 heteroatoms. The van der Waals surface area contributed by atoms with E-state index in [0.717, 1.165) is 0 Å². The molecule has 13 rings (SSSR count). The van der Waals surface area contributed by atoms with Crippen molar-refractivity contribution < 1.29 is 19.2 Å². The average molecular weight is 753 g/mol. The molecule has 0 N–H and O–H groups in total. The molecule has 0 unspecified atom stereocenters. The molecule has 0 fully saturated rings. The number of hydrogen-bond donors (Lipinski definition) is 0. The Morgan fingerprint density at radius 2 is 0.672 bits per heavy atom. The van der Waals surface area contributed by atoms with Crippen LogP contribution in [0.15, 0.2) is 206 Å². The van der Waals surface area contributed by atoms with Gasteiger partial charge in [0.1, 0.15) is 0 Å². The van der Waals surface area contributed by atoms with Crippen LogP contribution in [0, 0.1) is 0 Å². The summed E-state index contributed by atoms with van der Waals surface area (Å²) in [6, 6.07) is 30.5. The molecular formula is C54H34N4. The highest BCUT2D eigenvalue weighted by Gasteiger charge is 2.27. The molecule has 13 aromatic rings. The number of fused-ring (bicyclic) bond motifs is 12. The molecule has 4 aromatic heterocycles. The van der Waals surface area contributed by atoms with Crippen molar-refractivity contribution in [3.63, 3.8) is 0 Å². The van der Waals surface area contributed by atoms with Crippen LogP contribution in [0.5, 0.6) is 0 Å². The van der Waals surface area contributed by atoms with Crippen LogP contribution in [0.2, 0.25) is 0 Å². The van der Waals surface area contributed by atoms with Crippen LogP contribution in [0.4, 0.5) is 34.1 Å². The van der Waals surface area contributed by atoms with Crippen molar-refractivity contribution in [3.05, 3.63) is 206 Å². The van der Waals surface area contributed by atoms with E-state index >= 15 is 0 Å². The Kier molecular flexibility index (Phi) is 4.27. The van der Waals surface area contributed by atoms with E-state index < -0.39 is 48.3 Å². The normalized spacial score (nSPS) is 15.5. The Balaban J connectivity index is 1.31. The van der Waals surface area contributed by atoms with Gasteiger partial charge in [0.25, 0.3) is 0 Å². The van der Waals surface area contributed by atoms with Gasteiger partial charge in [0.15, 0.2) is 0 Å². The van der Waals surface area contributed by atoms with E-state index in [-0.39, 0.29) is 124 Å². The summed E-state index contributed by atoms with van der Waals surface area (Å²) in [5, 5.41) is 0.434. The Bertz CT molecular complexity index is 4120. The van der Waals surface area contributed by atoms with Crippen LogP contribution < -0.4 is 9.80 Å². The smallest absolute Gasteiger partial charge is 0.0653 e. The fourth-order valence-electron chi connectivity index (χ4n) is 8.86. The highest BCUT2D eigenvalue weighted by molar-refractivity contribution is 6.32. The lowest BCUT2D eigenvalue weighted by Crippen LogP contribution is -2.10. The number of rotatable bonds is 6. The van der Waals surface area contributed by atoms with Crippen LogP contribution in [0.1, 0.15) is 19.2 Å². The molecule has 0 bridgehead atoms. The summed E-state index contributed by atoms with van der Waals surface area (Å²) in [5.41, 5.74) is 2.75. The first-order valence-corrected chi connectivity index (χ1v) is 18.8. The third-order valence-electron chi connectivity index (χ3n) is 11.2. The number of anilines is 6. The lowest BCUT2D eigenvalue weighted by atomic mass is 10.0. The van der Waals surface area contributed by atoms with Crippen LogP contribution in [0.3, 0.4) is 0 Å². The van der Waals surface area contributed by atoms with E-state index in [4.69, 9.17) is 5.48 Å². The van der Waals surface area contributed by atoms with Crippen molar-refractivity contribution in [2.24, 2.45) is 0 Å². The minimum absolute atomic E-state index is 0.0132. The van der Waals surface area contributed by atoms with E-state index in [9.17, 15) is 13.7 Å². The number of aromatic nitrogens is 2. The van der Waals surface area contributed by atoms with Gasteiger partial charge >= 0.3 is 0 Å². The molecule has 0 atom stereocenters. The maximum absolute atomic E-state index is 10.4. The zero-order chi connectivity index (χ0) is 50.1. The molecule has 0 spiro atoms. The molecule has 270 valence electrons. The zero-order valence-corrected chi connectivity index (χ0v) is 30.3. The molecule has 4 heterocycles. The highest BCUT2D eigenvalue weighted by Crippen LogP contribution is 2.51. The fourth-order valence-corrected chi connectivity index (χ4v) is 8.86. The maximum Gasteiger partial charge on any atom is 0.0653 e. The Hall–Kier alpha value is -7.82. The lowest BCUT2D eigenvalue weighted by Gasteiger charge is -2.26. The van der Waals surface area contributed by atoms with Crippen molar-refractivity contribution in [1.29, 1.82) is 0 Å². The first-order valence-electron chi connectivity index (χ1n) is 25.8. The van der Waals surface area contributed by atoms with E-state index in [1.807, 2.05) is 121 Å². The van der Waals surface area contributed by atoms with Crippen LogP contribution in [0.25, 0.3) is 76.2 Å². The van der Waals surface area contributed by atoms with E-state index in [0.29, 0.717) is 22.7 Å². The molecule has 0 saturated heterocycles. The van der Waals surface area contributed by atoms with Gasteiger partial charge in [-0.3, -0.25) is 0 Å². The molecule has 4 nitrogen and oxygen atoms in total. The van der Waals surface area contributed by atoms with Gasteiger partial charge in [-0.2, -0.15) is 0 Å². The number of nitrogens with zero attached hydrogens (tertiary/aromatic N) is 4. The van der Waals surface area contributed by atoms with Gasteiger partial charge in [0, 0.05) is 65.8 Å². The third-order valence-corrected chi connectivity index (χ3v) is 11.2. The second kappa shape index (κ2) is 11.8. The summed E-state index contributed by atoms with van der Waals surface area (Å²) >= 11 is 0. The second-order valence-corrected chi connectivity index (χ2v) is 14.2. The molecule has 0 aliphatic heterocycles. The summed E-state index contributed by atoms with van der Waals surface area (Å²) < 4.78 is 137. The minimum Gasteiger partial charge on any atom is -0.310 e. The van der Waals surface area contributed by atoms with Crippen LogP contribution >= 0.6 is 0 Å². The van der Waals surface area contributed by atoms with Crippen molar-refractivity contribution in [2.75, 3.05) is 9.80 Å². The predicted molar refractivity (Wildman–Crippen MR) is 245 cm³/mol. The Morgan fingerprint density at radius 1 is 0.328 bits per heavy atom. The highest BCUT2D eigenvalue weighted by atomic mass is 15.2. The third kappa shape index (κ3) is 4.18. The first kappa shape index (κ1) is 20.9. The Morgan fingerprint density at radius 3 is 1.03 bits per heavy atom. The topological polar surface area (TPSA) is 15.3 Å². The molecule has 0 radical (unpaired) electrons. The molecular weight excluding hydrogens is 705 g/mol. The van der Waals surface area contributed by atoms with E-state index in [1.165, 1.54) is 8.80 Å². The number of hydrogen-bond acceptors (Lipinski definition) is 2. The van der Waals surface area contributed by atoms with Crippen molar-refractivity contribution in [2.45, 2.75) is 0 Å². The van der Waals surface area contributed by atoms with Gasteiger partial charge in [-0.05, 0) is 84.8 Å². The van der Waals surface area contributed by atoms with E-state index in [1.54, 1.807) is 9.80 Å². The predicted octanol–water partition coefficient (Wildman–Crippen LogP) is 14.9. The van der Waals surface area contributed by atoms with Crippen LogP contribution in [-0.4, -0.2) is 8.80 Å². The van der Waals surface area contributed by atoms with E-state index in [2.05, 4.69) is 0 Å². The quantitative estimate of drug-likeness (QED) is 0.168. The monoisotopic (exact) mass is 752 g/mol. The van der Waals surface area contributed by atoms with Crippen LogP contribution in [-0.2, 0) is 0 Å².